The van der Waals surface area contributed by atoms with Crippen molar-refractivity contribution in [3.63, 3.8) is 0 Å². The maximum atomic E-state index is 4.93. The second-order valence-electron chi connectivity index (χ2n) is 3.42. The summed E-state index contributed by atoms with van der Waals surface area (Å²) in [6.45, 7) is 6.62. The van der Waals surface area contributed by atoms with Crippen LogP contribution in [-0.2, 0) is 20.8 Å². The molecule has 0 amide bonds. The summed E-state index contributed by atoms with van der Waals surface area (Å²) in [6, 6.07) is 0. The van der Waals surface area contributed by atoms with E-state index >= 15 is 0 Å². The number of hydrogen-bond donors (Lipinski definition) is 0. The van der Waals surface area contributed by atoms with E-state index in [0.717, 1.165) is 0 Å². The Morgan fingerprint density at radius 1 is 1.29 bits per heavy atom. The maximum absolute atomic E-state index is 4.93. The molecular weight excluding hydrogens is 294 g/mol. The molecule has 1 aliphatic rings. The molecule has 1 aliphatic carbocycles. The van der Waals surface area contributed by atoms with Crippen molar-refractivity contribution in [1.29, 1.82) is 0 Å². The van der Waals surface area contributed by atoms with Gasteiger partial charge < -0.3 is 0 Å². The van der Waals surface area contributed by atoms with Crippen LogP contribution in [0.4, 0.5) is 0 Å². The van der Waals surface area contributed by atoms with Crippen molar-refractivity contribution in [3.8, 4) is 0 Å². The van der Waals surface area contributed by atoms with Gasteiger partial charge >= 0.3 is 37.9 Å². The van der Waals surface area contributed by atoms with Gasteiger partial charge in [0.05, 0.1) is 0 Å². The Bertz CT molecular complexity index is 219. The van der Waals surface area contributed by atoms with E-state index in [-0.39, 0.29) is 0 Å². The van der Waals surface area contributed by atoms with E-state index in [2.05, 4.69) is 33.3 Å². The minimum atomic E-state index is -0.826. The Labute approximate surface area is 106 Å². The molecule has 0 aromatic rings. The molecule has 0 atom stereocenters. The van der Waals surface area contributed by atoms with Crippen LogP contribution in [0.5, 0.6) is 0 Å². The van der Waals surface area contributed by atoms with Crippen molar-refractivity contribution in [2.45, 2.75) is 40.0 Å². The second kappa shape index (κ2) is 9.19. The number of halogens is 2. The monoisotopic (exact) mass is 309 g/mol. The number of unbranched alkanes of at least 4 members (excludes halogenated alkanes) is 1. The van der Waals surface area contributed by atoms with Crippen molar-refractivity contribution >= 4 is 17.0 Å². The summed E-state index contributed by atoms with van der Waals surface area (Å²) in [5.41, 5.74) is 4.42. The first-order valence-electron chi connectivity index (χ1n) is 4.84. The van der Waals surface area contributed by atoms with Crippen molar-refractivity contribution in [3.05, 3.63) is 29.2 Å². The molecular formula is C11H17Cl2Zr. The summed E-state index contributed by atoms with van der Waals surface area (Å²) in [4.78, 5) is 0. The summed E-state index contributed by atoms with van der Waals surface area (Å²) >= 11 is -0.826. The molecule has 3 heteroatoms. The molecule has 79 valence electrons. The van der Waals surface area contributed by atoms with Crippen LogP contribution < -0.4 is 0 Å². The first-order chi connectivity index (χ1) is 6.65. The molecule has 0 saturated heterocycles. The molecule has 0 saturated carbocycles. The first-order valence-corrected chi connectivity index (χ1v) is 11.2. The van der Waals surface area contributed by atoms with Gasteiger partial charge in [0.1, 0.15) is 0 Å². The zero-order valence-electron chi connectivity index (χ0n) is 9.03. The molecule has 0 aromatic heterocycles. The topological polar surface area (TPSA) is 0 Å². The Morgan fingerprint density at radius 2 is 1.86 bits per heavy atom. The van der Waals surface area contributed by atoms with Crippen molar-refractivity contribution in [1.82, 2.24) is 0 Å². The number of rotatable bonds is 3. The van der Waals surface area contributed by atoms with E-state index in [1.807, 2.05) is 0 Å². The number of allylic oxidation sites excluding steroid dienone is 4. The summed E-state index contributed by atoms with van der Waals surface area (Å²) in [5, 5.41) is 0. The fourth-order valence-electron chi connectivity index (χ4n) is 1.50. The fourth-order valence-corrected chi connectivity index (χ4v) is 1.50. The van der Waals surface area contributed by atoms with E-state index < -0.39 is 20.8 Å². The molecule has 0 aliphatic heterocycles. The SMILES string of the molecule is CCCCC1=C(C)[CH]C(C)=C1.[Cl][Zr][Cl]. The van der Waals surface area contributed by atoms with Crippen LogP contribution in [0, 0.1) is 6.42 Å². The Balaban J connectivity index is 0.000000500. The van der Waals surface area contributed by atoms with Gasteiger partial charge in [0.25, 0.3) is 0 Å². The van der Waals surface area contributed by atoms with Gasteiger partial charge in [-0.25, -0.2) is 0 Å². The average molecular weight is 311 g/mol. The second-order valence-corrected chi connectivity index (χ2v) is 7.15. The van der Waals surface area contributed by atoms with Gasteiger partial charge in [-0.1, -0.05) is 30.6 Å². The average Bonchev–Trinajstić information content (AvgIpc) is 2.43. The van der Waals surface area contributed by atoms with Crippen LogP contribution in [0.2, 0.25) is 0 Å². The predicted molar refractivity (Wildman–Crippen MR) is 62.0 cm³/mol. The summed E-state index contributed by atoms with van der Waals surface area (Å²) in [7, 11) is 9.87. The molecule has 0 spiro atoms. The van der Waals surface area contributed by atoms with Crippen LogP contribution in [0.25, 0.3) is 0 Å². The van der Waals surface area contributed by atoms with Crippen LogP contribution in [0.1, 0.15) is 40.0 Å². The van der Waals surface area contributed by atoms with Crippen molar-refractivity contribution < 1.29 is 20.8 Å². The van der Waals surface area contributed by atoms with Gasteiger partial charge in [-0.05, 0) is 32.3 Å². The van der Waals surface area contributed by atoms with Crippen LogP contribution in [0.3, 0.4) is 0 Å². The van der Waals surface area contributed by atoms with Gasteiger partial charge in [0.15, 0.2) is 0 Å². The Kier molecular flexibility index (Phi) is 9.81. The number of hydrogen-bond acceptors (Lipinski definition) is 0. The molecule has 0 bridgehead atoms. The molecule has 0 unspecified atom stereocenters. The van der Waals surface area contributed by atoms with Gasteiger partial charge in [0.2, 0.25) is 0 Å². The summed E-state index contributed by atoms with van der Waals surface area (Å²) in [6.07, 6.45) is 8.46. The Hall–Kier alpha value is 0.943. The first kappa shape index (κ1) is 14.9. The molecule has 0 nitrogen and oxygen atoms in total. The van der Waals surface area contributed by atoms with E-state index in [0.29, 0.717) is 0 Å². The quantitative estimate of drug-likeness (QED) is 0.685. The van der Waals surface area contributed by atoms with Gasteiger partial charge in [-0.15, -0.1) is 0 Å². The fraction of sp³-hybridized carbons (Fsp3) is 0.545. The van der Waals surface area contributed by atoms with E-state index in [9.17, 15) is 0 Å². The van der Waals surface area contributed by atoms with Gasteiger partial charge in [-0.2, -0.15) is 0 Å². The molecule has 0 aromatic carbocycles. The van der Waals surface area contributed by atoms with E-state index in [4.69, 9.17) is 17.0 Å². The summed E-state index contributed by atoms with van der Waals surface area (Å²) in [5.74, 6) is 0. The third-order valence-electron chi connectivity index (χ3n) is 2.15. The van der Waals surface area contributed by atoms with E-state index in [1.165, 1.54) is 30.4 Å². The molecule has 1 radical (unpaired) electrons. The zero-order valence-corrected chi connectivity index (χ0v) is 13.0. The summed E-state index contributed by atoms with van der Waals surface area (Å²) < 4.78 is 0. The van der Waals surface area contributed by atoms with Gasteiger partial charge in [0, 0.05) is 6.42 Å². The Morgan fingerprint density at radius 3 is 2.21 bits per heavy atom. The van der Waals surface area contributed by atoms with Crippen LogP contribution in [0.15, 0.2) is 22.8 Å². The normalized spacial score (nSPS) is 14.8. The van der Waals surface area contributed by atoms with Crippen LogP contribution in [-0.4, -0.2) is 0 Å². The van der Waals surface area contributed by atoms with Crippen molar-refractivity contribution in [2.24, 2.45) is 0 Å². The molecule has 0 fully saturated rings. The minimum absolute atomic E-state index is 0.826. The van der Waals surface area contributed by atoms with Gasteiger partial charge in [-0.3, -0.25) is 0 Å². The standard InChI is InChI=1S/C11H17.2ClH.Zr/c1-4-5-6-11-8-9(2)7-10(11)3;;;/h7-8H,4-6H2,1-3H3;2*1H;/q;;;+2/p-2. The third-order valence-corrected chi connectivity index (χ3v) is 2.15. The molecule has 14 heavy (non-hydrogen) atoms. The van der Waals surface area contributed by atoms with Crippen LogP contribution >= 0.6 is 17.0 Å². The van der Waals surface area contributed by atoms with E-state index in [1.54, 1.807) is 5.57 Å². The molecule has 0 heterocycles. The third kappa shape index (κ3) is 6.43. The zero-order chi connectivity index (χ0) is 11.0. The predicted octanol–water partition coefficient (Wildman–Crippen LogP) is 5.03. The van der Waals surface area contributed by atoms with Crippen molar-refractivity contribution in [2.75, 3.05) is 0 Å². The molecule has 1 rings (SSSR count). The molecule has 0 N–H and O–H groups in total.